The molecule has 0 spiro atoms. The van der Waals surface area contributed by atoms with Crippen molar-refractivity contribution in [2.75, 3.05) is 13.2 Å². The molecule has 0 N–H and O–H groups in total. The van der Waals surface area contributed by atoms with Crippen molar-refractivity contribution < 1.29 is 19.1 Å². The number of rotatable bonds is 17. The molecule has 0 saturated carbocycles. The lowest BCUT2D eigenvalue weighted by Gasteiger charge is -2.05. The number of hydrogen-bond donors (Lipinski definition) is 0. The number of esters is 2. The van der Waals surface area contributed by atoms with Crippen molar-refractivity contribution in [2.24, 2.45) is 0 Å². The molecule has 0 aliphatic heterocycles. The molecule has 0 bridgehead atoms. The molecule has 0 atom stereocenters. The molecule has 0 aromatic carbocycles. The summed E-state index contributed by atoms with van der Waals surface area (Å²) in [6.07, 6.45) is 12.4. The van der Waals surface area contributed by atoms with Crippen molar-refractivity contribution in [3.05, 3.63) is 12.2 Å². The van der Waals surface area contributed by atoms with Gasteiger partial charge in [-0.25, -0.2) is 0 Å². The molecule has 0 fully saturated rings. The summed E-state index contributed by atoms with van der Waals surface area (Å²) in [6.45, 7) is 8.90. The Labute approximate surface area is 154 Å². The summed E-state index contributed by atoms with van der Waals surface area (Å²) in [7, 11) is 0. The maximum Gasteiger partial charge on any atom is 0.305 e. The Morgan fingerprint density at radius 1 is 0.680 bits per heavy atom. The van der Waals surface area contributed by atoms with Gasteiger partial charge >= 0.3 is 11.9 Å². The van der Waals surface area contributed by atoms with Gasteiger partial charge in [-0.2, -0.15) is 0 Å². The first kappa shape index (κ1) is 23.7. The fourth-order valence-electron chi connectivity index (χ4n) is 2.44. The second kappa shape index (κ2) is 17.5. The van der Waals surface area contributed by atoms with Crippen LogP contribution in [0.4, 0.5) is 0 Å². The van der Waals surface area contributed by atoms with Crippen LogP contribution in [0.15, 0.2) is 12.2 Å². The summed E-state index contributed by atoms with van der Waals surface area (Å²) in [6, 6.07) is 0. The van der Waals surface area contributed by atoms with Crippen molar-refractivity contribution >= 4 is 11.9 Å². The molecular formula is C21H38O4. The van der Waals surface area contributed by atoms with Gasteiger partial charge in [0.2, 0.25) is 0 Å². The van der Waals surface area contributed by atoms with Gasteiger partial charge in [0.15, 0.2) is 0 Å². The predicted molar refractivity (Wildman–Crippen MR) is 102 cm³/mol. The van der Waals surface area contributed by atoms with Crippen LogP contribution in [-0.4, -0.2) is 25.2 Å². The van der Waals surface area contributed by atoms with Gasteiger partial charge in [0.05, 0.1) is 13.2 Å². The van der Waals surface area contributed by atoms with E-state index >= 15 is 0 Å². The van der Waals surface area contributed by atoms with Crippen molar-refractivity contribution in [1.29, 1.82) is 0 Å². The largest absolute Gasteiger partial charge is 0.466 e. The van der Waals surface area contributed by atoms with Crippen LogP contribution in [0.5, 0.6) is 0 Å². The first-order valence-corrected chi connectivity index (χ1v) is 10.0. The number of carbonyl (C=O) groups excluding carboxylic acids is 2. The van der Waals surface area contributed by atoms with E-state index in [1.54, 1.807) is 0 Å². The molecule has 0 aromatic rings. The van der Waals surface area contributed by atoms with E-state index in [0.717, 1.165) is 63.4 Å². The fraction of sp³-hybridized carbons (Fsp3) is 0.810. The minimum absolute atomic E-state index is 0.0611. The number of ether oxygens (including phenoxy) is 2. The smallest absolute Gasteiger partial charge is 0.305 e. The minimum atomic E-state index is -0.108. The summed E-state index contributed by atoms with van der Waals surface area (Å²) in [5, 5.41) is 0. The summed E-state index contributed by atoms with van der Waals surface area (Å²) in [5.41, 5.74) is 1.04. The standard InChI is InChI=1S/C21H38O4/c1-4-5-6-13-17-24-20(22)14-11-9-7-8-10-12-15-21(23)25-18-16-19(2)3/h2,4-18H2,1,3H3. The van der Waals surface area contributed by atoms with Crippen LogP contribution >= 0.6 is 0 Å². The van der Waals surface area contributed by atoms with E-state index in [1.165, 1.54) is 12.8 Å². The van der Waals surface area contributed by atoms with Crippen LogP contribution in [0, 0.1) is 0 Å². The first-order valence-electron chi connectivity index (χ1n) is 10.0. The van der Waals surface area contributed by atoms with Crippen LogP contribution in [0.25, 0.3) is 0 Å². The highest BCUT2D eigenvalue weighted by molar-refractivity contribution is 5.69. The monoisotopic (exact) mass is 354 g/mol. The Hall–Kier alpha value is -1.32. The average molecular weight is 355 g/mol. The average Bonchev–Trinajstić information content (AvgIpc) is 2.56. The Balaban J connectivity index is 3.28. The zero-order valence-electron chi connectivity index (χ0n) is 16.4. The van der Waals surface area contributed by atoms with Crippen molar-refractivity contribution in [2.45, 2.75) is 97.3 Å². The van der Waals surface area contributed by atoms with Crippen LogP contribution < -0.4 is 0 Å². The molecule has 146 valence electrons. The van der Waals surface area contributed by atoms with Gasteiger partial charge in [-0.1, -0.05) is 57.4 Å². The molecule has 0 aromatic heterocycles. The lowest BCUT2D eigenvalue weighted by molar-refractivity contribution is -0.144. The third-order valence-electron chi connectivity index (χ3n) is 4.06. The third kappa shape index (κ3) is 18.9. The SMILES string of the molecule is C=C(C)CCOC(=O)CCCCCCCCC(=O)OCCCCCC. The van der Waals surface area contributed by atoms with Gasteiger partial charge in [-0.05, 0) is 26.2 Å². The molecule has 0 aliphatic carbocycles. The number of carbonyl (C=O) groups is 2. The van der Waals surface area contributed by atoms with Gasteiger partial charge in [0.25, 0.3) is 0 Å². The Morgan fingerprint density at radius 3 is 1.68 bits per heavy atom. The topological polar surface area (TPSA) is 52.6 Å². The molecule has 0 rings (SSSR count). The fourth-order valence-corrected chi connectivity index (χ4v) is 2.44. The van der Waals surface area contributed by atoms with Crippen LogP contribution in [0.3, 0.4) is 0 Å². The van der Waals surface area contributed by atoms with E-state index in [2.05, 4.69) is 13.5 Å². The van der Waals surface area contributed by atoms with Crippen LogP contribution in [0.2, 0.25) is 0 Å². The highest BCUT2D eigenvalue weighted by Crippen LogP contribution is 2.10. The highest BCUT2D eigenvalue weighted by Gasteiger charge is 2.04. The first-order chi connectivity index (χ1) is 12.1. The molecular weight excluding hydrogens is 316 g/mol. The van der Waals surface area contributed by atoms with E-state index in [4.69, 9.17) is 9.47 Å². The van der Waals surface area contributed by atoms with E-state index in [-0.39, 0.29) is 11.9 Å². The second-order valence-corrected chi connectivity index (χ2v) is 6.83. The number of hydrogen-bond acceptors (Lipinski definition) is 4. The number of unbranched alkanes of at least 4 members (excludes halogenated alkanes) is 8. The van der Waals surface area contributed by atoms with Crippen molar-refractivity contribution in [3.63, 3.8) is 0 Å². The zero-order valence-corrected chi connectivity index (χ0v) is 16.4. The lowest BCUT2D eigenvalue weighted by atomic mass is 10.1. The van der Waals surface area contributed by atoms with Gasteiger partial charge in [-0.15, -0.1) is 6.58 Å². The van der Waals surface area contributed by atoms with Gasteiger partial charge in [0, 0.05) is 19.3 Å². The minimum Gasteiger partial charge on any atom is -0.466 e. The molecule has 0 heterocycles. The van der Waals surface area contributed by atoms with Gasteiger partial charge in [0.1, 0.15) is 0 Å². The zero-order chi connectivity index (χ0) is 18.8. The van der Waals surface area contributed by atoms with E-state index < -0.39 is 0 Å². The van der Waals surface area contributed by atoms with Crippen molar-refractivity contribution in [3.8, 4) is 0 Å². The lowest BCUT2D eigenvalue weighted by Crippen LogP contribution is -2.06. The second-order valence-electron chi connectivity index (χ2n) is 6.83. The molecule has 0 radical (unpaired) electrons. The summed E-state index contributed by atoms with van der Waals surface area (Å²) >= 11 is 0. The van der Waals surface area contributed by atoms with Gasteiger partial charge in [-0.3, -0.25) is 9.59 Å². The molecule has 0 saturated heterocycles. The Kier molecular flexibility index (Phi) is 16.6. The van der Waals surface area contributed by atoms with Gasteiger partial charge < -0.3 is 9.47 Å². The summed E-state index contributed by atoms with van der Waals surface area (Å²) < 4.78 is 10.3. The summed E-state index contributed by atoms with van der Waals surface area (Å²) in [4.78, 5) is 23.0. The molecule has 4 heteroatoms. The third-order valence-corrected chi connectivity index (χ3v) is 4.06. The molecule has 25 heavy (non-hydrogen) atoms. The predicted octanol–water partition coefficient (Wildman–Crippen LogP) is 5.74. The van der Waals surface area contributed by atoms with Crippen molar-refractivity contribution in [1.82, 2.24) is 0 Å². The van der Waals surface area contributed by atoms with E-state index in [9.17, 15) is 9.59 Å². The van der Waals surface area contributed by atoms with E-state index in [1.807, 2.05) is 6.92 Å². The molecule has 4 nitrogen and oxygen atoms in total. The highest BCUT2D eigenvalue weighted by atomic mass is 16.5. The van der Waals surface area contributed by atoms with Crippen LogP contribution in [-0.2, 0) is 19.1 Å². The maximum absolute atomic E-state index is 11.5. The molecule has 0 amide bonds. The quantitative estimate of drug-likeness (QED) is 0.190. The maximum atomic E-state index is 11.5. The van der Waals surface area contributed by atoms with Crippen LogP contribution in [0.1, 0.15) is 97.3 Å². The summed E-state index contributed by atoms with van der Waals surface area (Å²) in [5.74, 6) is -0.170. The Bertz CT molecular complexity index is 363. The molecule has 0 aliphatic rings. The van der Waals surface area contributed by atoms with E-state index in [0.29, 0.717) is 26.1 Å². The molecule has 0 unspecified atom stereocenters. The normalized spacial score (nSPS) is 10.5. The Morgan fingerprint density at radius 2 is 1.16 bits per heavy atom.